The quantitative estimate of drug-likeness (QED) is 0.734. The lowest BCUT2D eigenvalue weighted by atomic mass is 10.1. The fourth-order valence-corrected chi connectivity index (χ4v) is 1.80. The summed E-state index contributed by atoms with van der Waals surface area (Å²) < 4.78 is 5.43. The molecule has 1 fully saturated rings. The average Bonchev–Trinajstić information content (AvgIpc) is 2.90. The number of hydrogen-bond acceptors (Lipinski definition) is 1. The summed E-state index contributed by atoms with van der Waals surface area (Å²) in [6.45, 7) is 0. The first-order valence-corrected chi connectivity index (χ1v) is 4.94. The third-order valence-electron chi connectivity index (χ3n) is 2.54. The third-order valence-corrected chi connectivity index (χ3v) is 3.28. The highest BCUT2D eigenvalue weighted by atomic mass is 35.5. The molecule has 0 amide bonds. The second kappa shape index (κ2) is 3.16. The molecule has 0 spiro atoms. The standard InChI is InChI=1S/C10H10Cl2O/c1-13-10(4-5-10)7-2-3-8(11)9(12)6-7/h2-3,6H,4-5H2,1H3. The summed E-state index contributed by atoms with van der Waals surface area (Å²) in [7, 11) is 1.73. The fourth-order valence-electron chi connectivity index (χ4n) is 1.50. The number of halogens is 2. The Morgan fingerprint density at radius 1 is 1.23 bits per heavy atom. The van der Waals surface area contributed by atoms with Gasteiger partial charge in [0, 0.05) is 7.11 Å². The molecule has 0 radical (unpaired) electrons. The first-order chi connectivity index (χ1) is 6.18. The minimum absolute atomic E-state index is 0.0752. The molecule has 2 rings (SSSR count). The van der Waals surface area contributed by atoms with E-state index in [0.29, 0.717) is 10.0 Å². The third kappa shape index (κ3) is 1.56. The molecule has 1 saturated carbocycles. The summed E-state index contributed by atoms with van der Waals surface area (Å²) in [5.74, 6) is 0. The maximum absolute atomic E-state index is 5.92. The molecule has 0 N–H and O–H groups in total. The fraction of sp³-hybridized carbons (Fsp3) is 0.400. The van der Waals surface area contributed by atoms with E-state index in [0.717, 1.165) is 18.4 Å². The van der Waals surface area contributed by atoms with Gasteiger partial charge in [0.15, 0.2) is 0 Å². The topological polar surface area (TPSA) is 9.23 Å². The van der Waals surface area contributed by atoms with Crippen molar-refractivity contribution in [2.24, 2.45) is 0 Å². The molecule has 70 valence electrons. The Balaban J connectivity index is 2.37. The molecule has 0 heterocycles. The van der Waals surface area contributed by atoms with Gasteiger partial charge >= 0.3 is 0 Å². The van der Waals surface area contributed by atoms with Crippen LogP contribution in [0.3, 0.4) is 0 Å². The molecular weight excluding hydrogens is 207 g/mol. The van der Waals surface area contributed by atoms with Gasteiger partial charge in [-0.1, -0.05) is 29.3 Å². The lowest BCUT2D eigenvalue weighted by Gasteiger charge is -2.13. The highest BCUT2D eigenvalue weighted by Gasteiger charge is 2.44. The van der Waals surface area contributed by atoms with Crippen LogP contribution < -0.4 is 0 Å². The van der Waals surface area contributed by atoms with Crippen LogP contribution in [0.25, 0.3) is 0 Å². The molecular formula is C10H10Cl2O. The summed E-state index contributed by atoms with van der Waals surface area (Å²) in [5, 5.41) is 1.19. The smallest absolute Gasteiger partial charge is 0.0930 e. The zero-order valence-corrected chi connectivity index (χ0v) is 8.82. The molecule has 1 aromatic rings. The van der Waals surface area contributed by atoms with Crippen LogP contribution >= 0.6 is 23.2 Å². The van der Waals surface area contributed by atoms with Crippen LogP contribution in [-0.4, -0.2) is 7.11 Å². The van der Waals surface area contributed by atoms with Crippen molar-refractivity contribution < 1.29 is 4.74 Å². The summed E-state index contributed by atoms with van der Waals surface area (Å²) >= 11 is 11.7. The lowest BCUT2D eigenvalue weighted by molar-refractivity contribution is 0.0789. The Kier molecular flexibility index (Phi) is 2.26. The number of hydrogen-bond donors (Lipinski definition) is 0. The van der Waals surface area contributed by atoms with E-state index in [9.17, 15) is 0 Å². The van der Waals surface area contributed by atoms with E-state index in [2.05, 4.69) is 0 Å². The van der Waals surface area contributed by atoms with Gasteiger partial charge in [-0.15, -0.1) is 0 Å². The van der Waals surface area contributed by atoms with Gasteiger partial charge in [-0.3, -0.25) is 0 Å². The zero-order valence-electron chi connectivity index (χ0n) is 7.31. The number of benzene rings is 1. The van der Waals surface area contributed by atoms with Gasteiger partial charge in [0.25, 0.3) is 0 Å². The number of ether oxygens (including phenoxy) is 1. The van der Waals surface area contributed by atoms with Gasteiger partial charge in [0.2, 0.25) is 0 Å². The molecule has 3 heteroatoms. The monoisotopic (exact) mass is 216 g/mol. The zero-order chi connectivity index (χ0) is 9.47. The van der Waals surface area contributed by atoms with Gasteiger partial charge < -0.3 is 4.74 Å². The molecule has 1 aromatic carbocycles. The molecule has 0 aromatic heterocycles. The Hall–Kier alpha value is -0.240. The number of methoxy groups -OCH3 is 1. The summed E-state index contributed by atoms with van der Waals surface area (Å²) in [4.78, 5) is 0. The maximum atomic E-state index is 5.92. The molecule has 13 heavy (non-hydrogen) atoms. The van der Waals surface area contributed by atoms with E-state index in [4.69, 9.17) is 27.9 Å². The van der Waals surface area contributed by atoms with Gasteiger partial charge in [-0.05, 0) is 30.5 Å². The van der Waals surface area contributed by atoms with Crippen LogP contribution in [0.15, 0.2) is 18.2 Å². The SMILES string of the molecule is COC1(c2ccc(Cl)c(Cl)c2)CC1. The number of rotatable bonds is 2. The molecule has 0 atom stereocenters. The van der Waals surface area contributed by atoms with E-state index < -0.39 is 0 Å². The molecule has 0 unspecified atom stereocenters. The van der Waals surface area contributed by atoms with E-state index in [1.807, 2.05) is 18.2 Å². The van der Waals surface area contributed by atoms with Crippen molar-refractivity contribution in [3.8, 4) is 0 Å². The van der Waals surface area contributed by atoms with Crippen LogP contribution in [-0.2, 0) is 10.3 Å². The highest BCUT2D eigenvalue weighted by molar-refractivity contribution is 6.42. The minimum Gasteiger partial charge on any atom is -0.374 e. The van der Waals surface area contributed by atoms with Crippen molar-refractivity contribution in [2.45, 2.75) is 18.4 Å². The Bertz CT molecular complexity index is 332. The Morgan fingerprint density at radius 3 is 2.38 bits per heavy atom. The summed E-state index contributed by atoms with van der Waals surface area (Å²) in [6, 6.07) is 5.68. The second-order valence-electron chi connectivity index (χ2n) is 3.33. The average molecular weight is 217 g/mol. The molecule has 1 nitrogen and oxygen atoms in total. The Morgan fingerprint density at radius 2 is 1.92 bits per heavy atom. The van der Waals surface area contributed by atoms with Gasteiger partial charge in [-0.25, -0.2) is 0 Å². The molecule has 0 bridgehead atoms. The van der Waals surface area contributed by atoms with Gasteiger partial charge in [0.05, 0.1) is 15.6 Å². The van der Waals surface area contributed by atoms with Gasteiger partial charge in [-0.2, -0.15) is 0 Å². The molecule has 1 aliphatic carbocycles. The normalized spacial score (nSPS) is 18.7. The van der Waals surface area contributed by atoms with Crippen molar-refractivity contribution in [3.05, 3.63) is 33.8 Å². The maximum Gasteiger partial charge on any atom is 0.0930 e. The summed E-state index contributed by atoms with van der Waals surface area (Å²) in [6.07, 6.45) is 2.14. The molecule has 1 aliphatic rings. The van der Waals surface area contributed by atoms with Crippen LogP contribution in [0, 0.1) is 0 Å². The van der Waals surface area contributed by atoms with Crippen LogP contribution in [0.2, 0.25) is 10.0 Å². The first kappa shape index (κ1) is 9.32. The van der Waals surface area contributed by atoms with Crippen molar-refractivity contribution >= 4 is 23.2 Å². The van der Waals surface area contributed by atoms with Crippen molar-refractivity contribution in [2.75, 3.05) is 7.11 Å². The van der Waals surface area contributed by atoms with Crippen LogP contribution in [0.1, 0.15) is 18.4 Å². The van der Waals surface area contributed by atoms with Crippen molar-refractivity contribution in [3.63, 3.8) is 0 Å². The Labute approximate surface area is 87.6 Å². The largest absolute Gasteiger partial charge is 0.374 e. The first-order valence-electron chi connectivity index (χ1n) is 4.19. The van der Waals surface area contributed by atoms with E-state index in [1.54, 1.807) is 7.11 Å². The minimum atomic E-state index is -0.0752. The van der Waals surface area contributed by atoms with E-state index >= 15 is 0 Å². The van der Waals surface area contributed by atoms with Crippen molar-refractivity contribution in [1.82, 2.24) is 0 Å². The van der Waals surface area contributed by atoms with Crippen molar-refractivity contribution in [1.29, 1.82) is 0 Å². The summed E-state index contributed by atoms with van der Waals surface area (Å²) in [5.41, 5.74) is 1.05. The predicted molar refractivity (Wildman–Crippen MR) is 54.4 cm³/mol. The second-order valence-corrected chi connectivity index (χ2v) is 4.14. The lowest BCUT2D eigenvalue weighted by Crippen LogP contribution is -2.08. The molecule has 0 saturated heterocycles. The predicted octanol–water partition coefficient (Wildman–Crippen LogP) is 3.63. The molecule has 0 aliphatic heterocycles. The highest BCUT2D eigenvalue weighted by Crippen LogP contribution is 2.49. The van der Waals surface area contributed by atoms with E-state index in [1.165, 1.54) is 0 Å². The van der Waals surface area contributed by atoms with Crippen LogP contribution in [0.5, 0.6) is 0 Å². The van der Waals surface area contributed by atoms with Gasteiger partial charge in [0.1, 0.15) is 0 Å². The van der Waals surface area contributed by atoms with E-state index in [-0.39, 0.29) is 5.60 Å². The van der Waals surface area contributed by atoms with Crippen LogP contribution in [0.4, 0.5) is 0 Å².